The molecule has 5 rings (SSSR count). The number of hydrogen-bond donors (Lipinski definition) is 2. The highest BCUT2D eigenvalue weighted by Gasteiger charge is 2.10. The van der Waals surface area contributed by atoms with E-state index >= 15 is 0 Å². The van der Waals surface area contributed by atoms with Gasteiger partial charge in [-0.05, 0) is 151 Å². The second-order valence-corrected chi connectivity index (χ2v) is 9.65. The maximum Gasteiger partial charge on any atom is 0.0460 e. The summed E-state index contributed by atoms with van der Waals surface area (Å²) in [5.74, 6) is 0. The lowest BCUT2D eigenvalue weighted by atomic mass is 9.97. The summed E-state index contributed by atoms with van der Waals surface area (Å²) in [6, 6.07) is 22.4. The molecule has 0 aliphatic heterocycles. The molecule has 34 heavy (non-hydrogen) atoms. The topological polar surface area (TPSA) is 31.6 Å². The number of hydrogen-bond acceptors (Lipinski definition) is 0. The maximum atomic E-state index is 3.49. The van der Waals surface area contributed by atoms with Crippen LogP contribution in [-0.2, 0) is 0 Å². The average Bonchev–Trinajstić information content (AvgIpc) is 3.51. The first kappa shape index (κ1) is 22.0. The number of H-pyrrole nitrogens is 2. The van der Waals surface area contributed by atoms with Gasteiger partial charge in [-0.15, -0.1) is 0 Å². The summed E-state index contributed by atoms with van der Waals surface area (Å²) >= 11 is 0. The molecule has 0 amide bonds. The number of benzene rings is 3. The van der Waals surface area contributed by atoms with Crippen LogP contribution in [0.1, 0.15) is 33.4 Å². The van der Waals surface area contributed by atoms with Crippen LogP contribution in [0.3, 0.4) is 0 Å². The van der Waals surface area contributed by atoms with E-state index in [-0.39, 0.29) is 0 Å². The molecule has 170 valence electrons. The van der Waals surface area contributed by atoms with Gasteiger partial charge in [0.15, 0.2) is 0 Å². The van der Waals surface area contributed by atoms with Crippen LogP contribution in [0.15, 0.2) is 73.1 Å². The van der Waals surface area contributed by atoms with Crippen LogP contribution >= 0.6 is 0 Å². The van der Waals surface area contributed by atoms with E-state index in [1.807, 2.05) is 0 Å². The molecule has 2 heteroatoms. The van der Waals surface area contributed by atoms with E-state index in [1.165, 1.54) is 66.8 Å². The fraction of sp³-hybridized carbons (Fsp3) is 0.188. The van der Waals surface area contributed by atoms with Crippen molar-refractivity contribution in [1.82, 2.24) is 9.97 Å². The van der Waals surface area contributed by atoms with Gasteiger partial charge >= 0.3 is 0 Å². The van der Waals surface area contributed by atoms with Crippen LogP contribution in [0.25, 0.3) is 44.8 Å². The quantitative estimate of drug-likeness (QED) is 0.277. The van der Waals surface area contributed by atoms with Crippen LogP contribution in [0.2, 0.25) is 0 Å². The molecule has 0 aliphatic rings. The van der Waals surface area contributed by atoms with Crippen LogP contribution in [-0.4, -0.2) is 9.97 Å². The lowest BCUT2D eigenvalue weighted by molar-refractivity contribution is 1.26. The minimum atomic E-state index is 1.15. The molecular weight excluding hydrogens is 412 g/mol. The third-order valence-corrected chi connectivity index (χ3v) is 7.37. The van der Waals surface area contributed by atoms with E-state index in [9.17, 15) is 0 Å². The Balaban J connectivity index is 1.46. The molecule has 2 nitrogen and oxygen atoms in total. The molecule has 2 aromatic heterocycles. The minimum Gasteiger partial charge on any atom is -0.361 e. The van der Waals surface area contributed by atoms with Crippen LogP contribution in [0.5, 0.6) is 0 Å². The summed E-state index contributed by atoms with van der Waals surface area (Å²) in [7, 11) is 0. The van der Waals surface area contributed by atoms with Crippen molar-refractivity contribution in [2.24, 2.45) is 0 Å². The lowest BCUT2D eigenvalue weighted by Gasteiger charge is -2.08. The van der Waals surface area contributed by atoms with Gasteiger partial charge in [0.1, 0.15) is 0 Å². The Morgan fingerprint density at radius 3 is 1.18 bits per heavy atom. The summed E-state index contributed by atoms with van der Waals surface area (Å²) in [5.41, 5.74) is 17.7. The van der Waals surface area contributed by atoms with Crippen LogP contribution in [0.4, 0.5) is 0 Å². The zero-order chi connectivity index (χ0) is 24.0. The second kappa shape index (κ2) is 8.53. The van der Waals surface area contributed by atoms with Gasteiger partial charge in [0.2, 0.25) is 0 Å². The third-order valence-electron chi connectivity index (χ3n) is 7.37. The van der Waals surface area contributed by atoms with E-state index in [4.69, 9.17) is 0 Å². The molecular formula is C32H32N2. The molecule has 0 bridgehead atoms. The third kappa shape index (κ3) is 4.01. The van der Waals surface area contributed by atoms with Crippen molar-refractivity contribution in [1.29, 1.82) is 0 Å². The first-order valence-electron chi connectivity index (χ1n) is 11.9. The highest BCUT2D eigenvalue weighted by molar-refractivity contribution is 5.78. The summed E-state index contributed by atoms with van der Waals surface area (Å²) in [5, 5.41) is 0. The molecule has 5 aromatic rings. The van der Waals surface area contributed by atoms with Crippen molar-refractivity contribution in [3.63, 3.8) is 0 Å². The second-order valence-electron chi connectivity index (χ2n) is 9.65. The van der Waals surface area contributed by atoms with Gasteiger partial charge in [-0.25, -0.2) is 0 Å². The molecule has 0 radical (unpaired) electrons. The van der Waals surface area contributed by atoms with Gasteiger partial charge < -0.3 is 9.97 Å². The number of nitrogens with one attached hydrogen (secondary N) is 2. The zero-order valence-electron chi connectivity index (χ0n) is 20.9. The predicted molar refractivity (Wildman–Crippen MR) is 145 cm³/mol. The molecule has 0 saturated heterocycles. The largest absolute Gasteiger partial charge is 0.361 e. The van der Waals surface area contributed by atoms with E-state index in [0.29, 0.717) is 0 Å². The fourth-order valence-electron chi connectivity index (χ4n) is 4.72. The summed E-state index contributed by atoms with van der Waals surface area (Å²) in [4.78, 5) is 6.98. The number of aromatic nitrogens is 2. The van der Waals surface area contributed by atoms with Crippen molar-refractivity contribution < 1.29 is 0 Å². The predicted octanol–water partition coefficient (Wildman–Crippen LogP) is 8.86. The summed E-state index contributed by atoms with van der Waals surface area (Å²) in [6.45, 7) is 13.1. The van der Waals surface area contributed by atoms with Crippen molar-refractivity contribution in [3.8, 4) is 44.8 Å². The molecule has 0 aliphatic carbocycles. The number of rotatable bonds is 4. The van der Waals surface area contributed by atoms with Gasteiger partial charge in [0, 0.05) is 23.8 Å². The monoisotopic (exact) mass is 444 g/mol. The van der Waals surface area contributed by atoms with Gasteiger partial charge in [-0.3, -0.25) is 0 Å². The molecule has 0 fully saturated rings. The van der Waals surface area contributed by atoms with E-state index in [1.54, 1.807) is 0 Å². The molecule has 2 heterocycles. The van der Waals surface area contributed by atoms with Gasteiger partial charge in [0.25, 0.3) is 0 Å². The van der Waals surface area contributed by atoms with Gasteiger partial charge in [-0.2, -0.15) is 0 Å². The molecule has 0 spiro atoms. The molecule has 2 N–H and O–H groups in total. The SMILES string of the molecule is Cc1cc(-c2cc(-c3cccc(-c4c[nH]c(-c5cc(C)c(C)c(C)c5)c4)c3)c[nH]2)cc(C)c1C. The molecule has 0 atom stereocenters. The van der Waals surface area contributed by atoms with Crippen LogP contribution < -0.4 is 0 Å². The van der Waals surface area contributed by atoms with E-state index in [0.717, 1.165) is 11.4 Å². The molecule has 0 saturated carbocycles. The highest BCUT2D eigenvalue weighted by Crippen LogP contribution is 2.33. The lowest BCUT2D eigenvalue weighted by Crippen LogP contribution is -1.88. The molecule has 3 aromatic carbocycles. The maximum absolute atomic E-state index is 3.49. The summed E-state index contributed by atoms with van der Waals surface area (Å²) < 4.78 is 0. The smallest absolute Gasteiger partial charge is 0.0460 e. The van der Waals surface area contributed by atoms with E-state index in [2.05, 4.69) is 125 Å². The van der Waals surface area contributed by atoms with Crippen LogP contribution in [0, 0.1) is 41.5 Å². The Morgan fingerprint density at radius 1 is 0.412 bits per heavy atom. The Hall–Kier alpha value is -3.78. The highest BCUT2D eigenvalue weighted by atomic mass is 14.7. The molecule has 0 unspecified atom stereocenters. The number of aromatic amines is 2. The van der Waals surface area contributed by atoms with Crippen molar-refractivity contribution in [3.05, 3.63) is 106 Å². The minimum absolute atomic E-state index is 1.15. The Bertz CT molecular complexity index is 1350. The van der Waals surface area contributed by atoms with Gasteiger partial charge in [-0.1, -0.05) is 18.2 Å². The fourth-order valence-corrected chi connectivity index (χ4v) is 4.72. The van der Waals surface area contributed by atoms with Crippen molar-refractivity contribution in [2.75, 3.05) is 0 Å². The Morgan fingerprint density at radius 2 is 0.794 bits per heavy atom. The van der Waals surface area contributed by atoms with Gasteiger partial charge in [0.05, 0.1) is 0 Å². The Kier molecular flexibility index (Phi) is 5.53. The van der Waals surface area contributed by atoms with Crippen molar-refractivity contribution in [2.45, 2.75) is 41.5 Å². The average molecular weight is 445 g/mol. The number of aryl methyl sites for hydroxylation is 4. The Labute approximate surface area is 202 Å². The first-order chi connectivity index (χ1) is 16.3. The standard InChI is InChI=1S/C32H32N2/c1-19-10-27(11-20(2)23(19)5)31-15-29(17-33-31)25-8-7-9-26(14-25)30-16-32(34-18-30)28-12-21(3)24(6)22(4)13-28/h7-18,33-34H,1-6H3. The normalized spacial score (nSPS) is 11.2. The first-order valence-corrected chi connectivity index (χ1v) is 11.9. The van der Waals surface area contributed by atoms with E-state index < -0.39 is 0 Å². The summed E-state index contributed by atoms with van der Waals surface area (Å²) in [6.07, 6.45) is 4.22. The zero-order valence-corrected chi connectivity index (χ0v) is 20.9. The van der Waals surface area contributed by atoms with Crippen molar-refractivity contribution >= 4 is 0 Å².